The fraction of sp³-hybridized carbons (Fsp3) is 0.167. The third kappa shape index (κ3) is 3.97. The highest BCUT2D eigenvalue weighted by molar-refractivity contribution is 6.33. The van der Waals surface area contributed by atoms with Gasteiger partial charge in [-0.3, -0.25) is 9.59 Å². The zero-order valence-corrected chi connectivity index (χ0v) is 15.1. The van der Waals surface area contributed by atoms with Gasteiger partial charge in [-0.15, -0.1) is 0 Å². The van der Waals surface area contributed by atoms with E-state index in [4.69, 9.17) is 16.7 Å². The lowest BCUT2D eigenvalue weighted by Crippen LogP contribution is -2.35. The van der Waals surface area contributed by atoms with Gasteiger partial charge in [0.05, 0.1) is 28.4 Å². The van der Waals surface area contributed by atoms with E-state index in [1.807, 2.05) is 0 Å². The second kappa shape index (κ2) is 7.28. The van der Waals surface area contributed by atoms with E-state index in [9.17, 15) is 32.7 Å². The molecule has 29 heavy (non-hydrogen) atoms. The van der Waals surface area contributed by atoms with Crippen molar-refractivity contribution in [2.24, 2.45) is 0 Å². The van der Waals surface area contributed by atoms with Crippen molar-refractivity contribution in [2.45, 2.75) is 18.6 Å². The number of carbonyl (C=O) groups excluding carboxylic acids is 2. The molecule has 0 aliphatic carbocycles. The van der Waals surface area contributed by atoms with Crippen LogP contribution in [-0.2, 0) is 15.8 Å². The first-order valence-corrected chi connectivity index (χ1v) is 8.43. The number of carbonyl (C=O) groups is 3. The molecule has 0 saturated carbocycles. The number of anilines is 2. The van der Waals surface area contributed by atoms with E-state index in [2.05, 4.69) is 5.32 Å². The molecule has 2 aromatic rings. The lowest BCUT2D eigenvalue weighted by Gasteiger charge is -2.18. The number of amides is 2. The molecule has 2 amide bonds. The monoisotopic (exact) mass is 428 g/mol. The molecule has 1 fully saturated rings. The first kappa shape index (κ1) is 20.5. The molecule has 1 atom stereocenters. The van der Waals surface area contributed by atoms with E-state index in [0.717, 1.165) is 30.3 Å². The quantitative estimate of drug-likeness (QED) is 0.643. The molecule has 7 nitrogen and oxygen atoms in total. The Hall–Kier alpha value is -3.27. The topological polar surface area (TPSA) is 107 Å². The Morgan fingerprint density at radius 2 is 1.86 bits per heavy atom. The van der Waals surface area contributed by atoms with Gasteiger partial charge in [-0.2, -0.15) is 13.2 Å². The molecular formula is C18H12ClF3N2O5. The summed E-state index contributed by atoms with van der Waals surface area (Å²) in [6.07, 6.45) is -4.99. The standard InChI is InChI=1S/C18H12ClF3N2O5/c19-11-4-1-8(18(20,21)22)5-12(11)23-13-7-15(26)24(16(13)27)9-2-3-10(17(28)29)14(25)6-9/h1-6,13,23,25H,7H2,(H,28,29). The van der Waals surface area contributed by atoms with Gasteiger partial charge in [-0.05, 0) is 30.3 Å². The number of halogens is 4. The molecule has 1 aliphatic heterocycles. The molecule has 2 aromatic carbocycles. The van der Waals surface area contributed by atoms with E-state index < -0.39 is 46.9 Å². The molecule has 1 heterocycles. The minimum atomic E-state index is -4.62. The average molecular weight is 429 g/mol. The fourth-order valence-electron chi connectivity index (χ4n) is 2.86. The number of nitrogens with one attached hydrogen (secondary N) is 1. The number of hydrogen-bond donors (Lipinski definition) is 3. The summed E-state index contributed by atoms with van der Waals surface area (Å²) < 4.78 is 38.7. The summed E-state index contributed by atoms with van der Waals surface area (Å²) >= 11 is 5.90. The second-order valence-electron chi connectivity index (χ2n) is 6.17. The van der Waals surface area contributed by atoms with Crippen LogP contribution in [0.1, 0.15) is 22.3 Å². The van der Waals surface area contributed by atoms with Gasteiger partial charge in [0, 0.05) is 6.07 Å². The zero-order chi connectivity index (χ0) is 21.5. The van der Waals surface area contributed by atoms with Crippen LogP contribution in [0.3, 0.4) is 0 Å². The van der Waals surface area contributed by atoms with Crippen LogP contribution in [0, 0.1) is 0 Å². The van der Waals surface area contributed by atoms with Gasteiger partial charge in [0.25, 0.3) is 5.91 Å². The van der Waals surface area contributed by atoms with Crippen molar-refractivity contribution in [3.8, 4) is 5.75 Å². The minimum Gasteiger partial charge on any atom is -0.507 e. The van der Waals surface area contributed by atoms with Gasteiger partial charge in [0.2, 0.25) is 5.91 Å². The first-order valence-electron chi connectivity index (χ1n) is 8.05. The molecular weight excluding hydrogens is 417 g/mol. The summed E-state index contributed by atoms with van der Waals surface area (Å²) in [4.78, 5) is 36.6. The maximum Gasteiger partial charge on any atom is 0.416 e. The number of carboxylic acids is 1. The number of nitrogens with zero attached hydrogens (tertiary/aromatic N) is 1. The molecule has 11 heteroatoms. The van der Waals surface area contributed by atoms with E-state index in [1.165, 1.54) is 6.07 Å². The van der Waals surface area contributed by atoms with Crippen molar-refractivity contribution in [3.63, 3.8) is 0 Å². The Kier molecular flexibility index (Phi) is 5.14. The summed E-state index contributed by atoms with van der Waals surface area (Å²) in [5.41, 5.74) is -1.63. The number of imide groups is 1. The highest BCUT2D eigenvalue weighted by atomic mass is 35.5. The van der Waals surface area contributed by atoms with Crippen LogP contribution in [0.2, 0.25) is 5.02 Å². The van der Waals surface area contributed by atoms with Crippen molar-refractivity contribution in [1.82, 2.24) is 0 Å². The third-order valence-electron chi connectivity index (χ3n) is 4.24. The molecule has 1 unspecified atom stereocenters. The summed E-state index contributed by atoms with van der Waals surface area (Å²) in [6, 6.07) is 4.48. The lowest BCUT2D eigenvalue weighted by molar-refractivity contribution is -0.137. The third-order valence-corrected chi connectivity index (χ3v) is 4.57. The largest absolute Gasteiger partial charge is 0.507 e. The van der Waals surface area contributed by atoms with Crippen LogP contribution in [-0.4, -0.2) is 34.0 Å². The molecule has 1 saturated heterocycles. The maximum absolute atomic E-state index is 12.9. The molecule has 0 aromatic heterocycles. The van der Waals surface area contributed by atoms with Crippen molar-refractivity contribution in [1.29, 1.82) is 0 Å². The van der Waals surface area contributed by atoms with E-state index in [-0.39, 0.29) is 22.8 Å². The molecule has 0 radical (unpaired) electrons. The Morgan fingerprint density at radius 3 is 2.45 bits per heavy atom. The zero-order valence-electron chi connectivity index (χ0n) is 14.3. The number of benzene rings is 2. The molecule has 0 spiro atoms. The van der Waals surface area contributed by atoms with Crippen LogP contribution in [0.25, 0.3) is 0 Å². The van der Waals surface area contributed by atoms with Gasteiger partial charge in [-0.25, -0.2) is 9.69 Å². The van der Waals surface area contributed by atoms with Crippen molar-refractivity contribution < 1.29 is 37.8 Å². The van der Waals surface area contributed by atoms with Crippen molar-refractivity contribution in [3.05, 3.63) is 52.5 Å². The Bertz CT molecular complexity index is 1030. The number of phenols is 1. The van der Waals surface area contributed by atoms with Crippen LogP contribution in [0.4, 0.5) is 24.5 Å². The Labute approximate surface area is 166 Å². The van der Waals surface area contributed by atoms with Crippen molar-refractivity contribution >= 4 is 40.8 Å². The van der Waals surface area contributed by atoms with Crippen LogP contribution >= 0.6 is 11.6 Å². The van der Waals surface area contributed by atoms with Crippen molar-refractivity contribution in [2.75, 3.05) is 10.2 Å². The number of rotatable bonds is 4. The SMILES string of the molecule is O=C(O)c1ccc(N2C(=O)CC(Nc3cc(C(F)(F)F)ccc3Cl)C2=O)cc1O. The Balaban J connectivity index is 1.87. The van der Waals surface area contributed by atoms with Gasteiger partial charge < -0.3 is 15.5 Å². The predicted molar refractivity (Wildman–Crippen MR) is 96.0 cm³/mol. The maximum atomic E-state index is 12.9. The summed E-state index contributed by atoms with van der Waals surface area (Å²) in [7, 11) is 0. The van der Waals surface area contributed by atoms with E-state index >= 15 is 0 Å². The van der Waals surface area contributed by atoms with Gasteiger partial charge in [-0.1, -0.05) is 11.6 Å². The molecule has 3 N–H and O–H groups in total. The fourth-order valence-corrected chi connectivity index (χ4v) is 3.03. The normalized spacial score (nSPS) is 17.0. The highest BCUT2D eigenvalue weighted by Gasteiger charge is 2.40. The van der Waals surface area contributed by atoms with Crippen LogP contribution in [0.5, 0.6) is 5.75 Å². The summed E-state index contributed by atoms with van der Waals surface area (Å²) in [5, 5.41) is 21.2. The highest BCUT2D eigenvalue weighted by Crippen LogP contribution is 2.35. The van der Waals surface area contributed by atoms with E-state index in [1.54, 1.807) is 0 Å². The number of hydrogen-bond acceptors (Lipinski definition) is 5. The number of alkyl halides is 3. The van der Waals surface area contributed by atoms with Gasteiger partial charge in [0.15, 0.2) is 0 Å². The summed E-state index contributed by atoms with van der Waals surface area (Å²) in [5.74, 6) is -3.51. The average Bonchev–Trinajstić information content (AvgIpc) is 2.89. The number of carboxylic acid groups (broad SMARTS) is 1. The minimum absolute atomic E-state index is 0.0676. The number of aromatic hydroxyl groups is 1. The van der Waals surface area contributed by atoms with Crippen LogP contribution in [0.15, 0.2) is 36.4 Å². The van der Waals surface area contributed by atoms with Gasteiger partial charge in [0.1, 0.15) is 17.4 Å². The smallest absolute Gasteiger partial charge is 0.416 e. The lowest BCUT2D eigenvalue weighted by atomic mass is 10.1. The van der Waals surface area contributed by atoms with Gasteiger partial charge >= 0.3 is 12.1 Å². The summed E-state index contributed by atoms with van der Waals surface area (Å²) in [6.45, 7) is 0. The number of aromatic carboxylic acids is 1. The molecule has 152 valence electrons. The molecule has 3 rings (SSSR count). The van der Waals surface area contributed by atoms with Crippen LogP contribution < -0.4 is 10.2 Å². The molecule has 0 bridgehead atoms. The molecule has 1 aliphatic rings. The second-order valence-corrected chi connectivity index (χ2v) is 6.57. The first-order chi connectivity index (χ1) is 13.5. The Morgan fingerprint density at radius 1 is 1.17 bits per heavy atom. The predicted octanol–water partition coefficient (Wildman–Crippen LogP) is 3.51. The van der Waals surface area contributed by atoms with E-state index in [0.29, 0.717) is 4.90 Å².